The third-order valence-electron chi connectivity index (χ3n) is 2.65. The van der Waals surface area contributed by atoms with Crippen molar-refractivity contribution in [3.8, 4) is 0 Å². The Balaban J connectivity index is 1.76. The Kier molecular flexibility index (Phi) is 5.00. The molecule has 0 saturated carbocycles. The topological polar surface area (TPSA) is 85.5 Å². The van der Waals surface area contributed by atoms with Gasteiger partial charge in [-0.2, -0.15) is 4.98 Å². The normalized spacial score (nSPS) is 19.9. The summed E-state index contributed by atoms with van der Waals surface area (Å²) in [6.07, 6.45) is 4.21. The number of carboxylic acid groups (broad SMARTS) is 1. The van der Waals surface area contributed by atoms with Crippen LogP contribution in [-0.2, 0) is 21.7 Å². The number of aromatic nitrogens is 2. The molecule has 2 heterocycles. The van der Waals surface area contributed by atoms with Crippen LogP contribution in [0.1, 0.15) is 31.0 Å². The highest BCUT2D eigenvalue weighted by molar-refractivity contribution is 7.99. The first-order chi connectivity index (χ1) is 8.74. The summed E-state index contributed by atoms with van der Waals surface area (Å²) in [4.78, 5) is 14.6. The molecule has 2 rings (SSSR count). The summed E-state index contributed by atoms with van der Waals surface area (Å²) in [6.45, 7) is 0.809. The Morgan fingerprint density at radius 1 is 1.50 bits per heavy atom. The molecule has 1 atom stereocenters. The van der Waals surface area contributed by atoms with Crippen molar-refractivity contribution in [3.63, 3.8) is 0 Å². The van der Waals surface area contributed by atoms with Gasteiger partial charge in [0.15, 0.2) is 5.82 Å². The Bertz CT molecular complexity index is 390. The minimum absolute atomic E-state index is 0.0451. The molecule has 18 heavy (non-hydrogen) atoms. The molecule has 0 spiro atoms. The second kappa shape index (κ2) is 6.75. The van der Waals surface area contributed by atoms with Gasteiger partial charge >= 0.3 is 5.97 Å². The average Bonchev–Trinajstić information content (AvgIpc) is 2.78. The monoisotopic (exact) mass is 272 g/mol. The lowest BCUT2D eigenvalue weighted by atomic mass is 10.1. The summed E-state index contributed by atoms with van der Waals surface area (Å²) >= 11 is 1.25. The summed E-state index contributed by atoms with van der Waals surface area (Å²) in [6, 6.07) is 0. The number of carboxylic acids is 1. The molecule has 1 aromatic heterocycles. The van der Waals surface area contributed by atoms with Crippen molar-refractivity contribution in [2.75, 3.05) is 12.4 Å². The van der Waals surface area contributed by atoms with Gasteiger partial charge in [0, 0.05) is 13.0 Å². The third kappa shape index (κ3) is 4.30. The minimum Gasteiger partial charge on any atom is -0.481 e. The molecule has 0 amide bonds. The number of carbonyl (C=O) groups is 1. The van der Waals surface area contributed by atoms with E-state index in [4.69, 9.17) is 14.4 Å². The van der Waals surface area contributed by atoms with Crippen molar-refractivity contribution in [2.45, 2.75) is 37.5 Å². The zero-order valence-electron chi connectivity index (χ0n) is 10.0. The van der Waals surface area contributed by atoms with Crippen LogP contribution in [0, 0.1) is 0 Å². The van der Waals surface area contributed by atoms with Gasteiger partial charge in [0.1, 0.15) is 0 Å². The fourth-order valence-electron chi connectivity index (χ4n) is 1.83. The predicted octanol–water partition coefficient (Wildman–Crippen LogP) is 1.50. The van der Waals surface area contributed by atoms with E-state index in [0.29, 0.717) is 23.9 Å². The van der Waals surface area contributed by atoms with Crippen molar-refractivity contribution in [2.24, 2.45) is 0 Å². The molecular weight excluding hydrogens is 256 g/mol. The van der Waals surface area contributed by atoms with Crippen LogP contribution in [0.25, 0.3) is 0 Å². The van der Waals surface area contributed by atoms with E-state index in [1.54, 1.807) is 0 Å². The molecule has 1 aliphatic heterocycles. The van der Waals surface area contributed by atoms with Gasteiger partial charge < -0.3 is 14.4 Å². The number of hydrogen-bond donors (Lipinski definition) is 1. The molecule has 7 heteroatoms. The van der Waals surface area contributed by atoms with Crippen LogP contribution >= 0.6 is 11.8 Å². The number of rotatable bonds is 6. The van der Waals surface area contributed by atoms with E-state index in [1.807, 2.05) is 0 Å². The summed E-state index contributed by atoms with van der Waals surface area (Å²) in [5.74, 6) is 0.768. The Hall–Kier alpha value is -1.08. The Labute approximate surface area is 109 Å². The number of nitrogens with zero attached hydrogens (tertiary/aromatic N) is 2. The van der Waals surface area contributed by atoms with Crippen LogP contribution in [0.4, 0.5) is 0 Å². The van der Waals surface area contributed by atoms with E-state index >= 15 is 0 Å². The summed E-state index contributed by atoms with van der Waals surface area (Å²) in [5, 5.41) is 12.4. The highest BCUT2D eigenvalue weighted by Crippen LogP contribution is 2.17. The molecule has 1 aliphatic rings. The largest absolute Gasteiger partial charge is 0.481 e. The fourth-order valence-corrected chi connectivity index (χ4v) is 2.40. The van der Waals surface area contributed by atoms with Gasteiger partial charge in [-0.3, -0.25) is 4.79 Å². The van der Waals surface area contributed by atoms with Gasteiger partial charge in [0.25, 0.3) is 0 Å². The fraction of sp³-hybridized carbons (Fsp3) is 0.727. The molecule has 0 radical (unpaired) electrons. The molecule has 1 aromatic rings. The Morgan fingerprint density at radius 3 is 3.11 bits per heavy atom. The summed E-state index contributed by atoms with van der Waals surface area (Å²) < 4.78 is 10.7. The van der Waals surface area contributed by atoms with E-state index in [0.717, 1.165) is 19.4 Å². The van der Waals surface area contributed by atoms with Crippen molar-refractivity contribution in [1.82, 2.24) is 10.1 Å². The van der Waals surface area contributed by atoms with Gasteiger partial charge in [0.05, 0.1) is 17.6 Å². The highest BCUT2D eigenvalue weighted by atomic mass is 32.2. The molecule has 1 unspecified atom stereocenters. The highest BCUT2D eigenvalue weighted by Gasteiger charge is 2.17. The van der Waals surface area contributed by atoms with Crippen molar-refractivity contribution < 1.29 is 19.2 Å². The zero-order chi connectivity index (χ0) is 12.8. The molecule has 1 saturated heterocycles. The molecule has 100 valence electrons. The lowest BCUT2D eigenvalue weighted by molar-refractivity contribution is -0.133. The molecule has 1 N–H and O–H groups in total. The molecule has 0 aliphatic carbocycles. The van der Waals surface area contributed by atoms with Gasteiger partial charge in [-0.1, -0.05) is 5.16 Å². The molecule has 0 bridgehead atoms. The maximum atomic E-state index is 10.4. The van der Waals surface area contributed by atoms with Crippen LogP contribution in [0.5, 0.6) is 0 Å². The lowest BCUT2D eigenvalue weighted by Gasteiger charge is -2.20. The maximum absolute atomic E-state index is 10.4. The smallest absolute Gasteiger partial charge is 0.313 e. The maximum Gasteiger partial charge on any atom is 0.313 e. The minimum atomic E-state index is -0.838. The molecule has 0 aromatic carbocycles. The lowest BCUT2D eigenvalue weighted by Crippen LogP contribution is -2.21. The number of hydrogen-bond acceptors (Lipinski definition) is 6. The standard InChI is InChI=1S/C11H16N2O4S/c14-11(15)7-18-6-10-12-9(13-17-10)5-8-3-1-2-4-16-8/h8H,1-7H2,(H,14,15). The van der Waals surface area contributed by atoms with Crippen molar-refractivity contribution >= 4 is 17.7 Å². The first-order valence-corrected chi connectivity index (χ1v) is 7.12. The van der Waals surface area contributed by atoms with Crippen LogP contribution in [-0.4, -0.2) is 39.7 Å². The van der Waals surface area contributed by atoms with E-state index in [2.05, 4.69) is 10.1 Å². The van der Waals surface area contributed by atoms with Gasteiger partial charge in [0.2, 0.25) is 5.89 Å². The van der Waals surface area contributed by atoms with Crippen molar-refractivity contribution in [3.05, 3.63) is 11.7 Å². The van der Waals surface area contributed by atoms with Crippen LogP contribution in [0.2, 0.25) is 0 Å². The molecular formula is C11H16N2O4S. The first-order valence-electron chi connectivity index (χ1n) is 5.96. The quantitative estimate of drug-likeness (QED) is 0.839. The second-order valence-electron chi connectivity index (χ2n) is 4.18. The van der Waals surface area contributed by atoms with E-state index < -0.39 is 5.97 Å². The average molecular weight is 272 g/mol. The third-order valence-corrected chi connectivity index (χ3v) is 3.55. The summed E-state index contributed by atoms with van der Waals surface area (Å²) in [5.41, 5.74) is 0. The van der Waals surface area contributed by atoms with E-state index in [1.165, 1.54) is 18.2 Å². The van der Waals surface area contributed by atoms with E-state index in [-0.39, 0.29) is 11.9 Å². The zero-order valence-corrected chi connectivity index (χ0v) is 10.8. The van der Waals surface area contributed by atoms with Crippen LogP contribution < -0.4 is 0 Å². The summed E-state index contributed by atoms with van der Waals surface area (Å²) in [7, 11) is 0. The van der Waals surface area contributed by atoms with E-state index in [9.17, 15) is 4.79 Å². The van der Waals surface area contributed by atoms with Crippen LogP contribution in [0.15, 0.2) is 4.52 Å². The van der Waals surface area contributed by atoms with Gasteiger partial charge in [-0.05, 0) is 19.3 Å². The van der Waals surface area contributed by atoms with Gasteiger partial charge in [-0.15, -0.1) is 11.8 Å². The number of ether oxygens (including phenoxy) is 1. The van der Waals surface area contributed by atoms with Crippen LogP contribution in [0.3, 0.4) is 0 Å². The SMILES string of the molecule is O=C(O)CSCc1nc(CC2CCCCO2)no1. The Morgan fingerprint density at radius 2 is 2.39 bits per heavy atom. The number of aliphatic carboxylic acids is 1. The first kappa shape index (κ1) is 13.4. The van der Waals surface area contributed by atoms with Gasteiger partial charge in [-0.25, -0.2) is 0 Å². The molecule has 6 nitrogen and oxygen atoms in total. The number of thioether (sulfide) groups is 1. The predicted molar refractivity (Wildman–Crippen MR) is 65.4 cm³/mol. The molecule has 1 fully saturated rings. The van der Waals surface area contributed by atoms with Crippen molar-refractivity contribution in [1.29, 1.82) is 0 Å². The second-order valence-corrected chi connectivity index (χ2v) is 5.17.